The molecule has 1 saturated heterocycles. The monoisotopic (exact) mass is 295 g/mol. The van der Waals surface area contributed by atoms with Gasteiger partial charge in [-0.05, 0) is 49.7 Å². The standard InChI is InChI=1S/C19H21NO2/c1-22-18-10-3-2-9-17(18)19(21)16-8-6-7-15(13-16)14-20-11-4-5-12-20/h2-3,6-10,13H,4-5,11-12,14H2,1H3. The van der Waals surface area contributed by atoms with Crippen molar-refractivity contribution in [2.24, 2.45) is 0 Å². The van der Waals surface area contributed by atoms with E-state index in [9.17, 15) is 4.79 Å². The highest BCUT2D eigenvalue weighted by atomic mass is 16.5. The number of carbonyl (C=O) groups is 1. The molecule has 0 N–H and O–H groups in total. The highest BCUT2D eigenvalue weighted by Gasteiger charge is 2.16. The quantitative estimate of drug-likeness (QED) is 0.790. The molecule has 0 aromatic heterocycles. The Morgan fingerprint density at radius 3 is 2.64 bits per heavy atom. The van der Waals surface area contributed by atoms with Gasteiger partial charge >= 0.3 is 0 Å². The first-order chi connectivity index (χ1) is 10.8. The predicted octanol–water partition coefficient (Wildman–Crippen LogP) is 3.52. The fourth-order valence-corrected chi connectivity index (χ4v) is 3.00. The number of nitrogens with zero attached hydrogens (tertiary/aromatic N) is 1. The van der Waals surface area contributed by atoms with E-state index in [-0.39, 0.29) is 5.78 Å². The molecule has 1 heterocycles. The zero-order valence-corrected chi connectivity index (χ0v) is 12.9. The third-order valence-corrected chi connectivity index (χ3v) is 4.15. The van der Waals surface area contributed by atoms with Crippen LogP contribution in [-0.4, -0.2) is 30.9 Å². The first-order valence-corrected chi connectivity index (χ1v) is 7.77. The van der Waals surface area contributed by atoms with Crippen molar-refractivity contribution in [2.75, 3.05) is 20.2 Å². The maximum atomic E-state index is 12.7. The lowest BCUT2D eigenvalue weighted by atomic mass is 10.0. The summed E-state index contributed by atoms with van der Waals surface area (Å²) in [6, 6.07) is 15.3. The van der Waals surface area contributed by atoms with Crippen LogP contribution in [0.2, 0.25) is 0 Å². The number of ketones is 1. The Balaban J connectivity index is 1.83. The van der Waals surface area contributed by atoms with Gasteiger partial charge in [0.1, 0.15) is 5.75 Å². The Morgan fingerprint density at radius 1 is 1.09 bits per heavy atom. The van der Waals surface area contributed by atoms with E-state index in [1.807, 2.05) is 42.5 Å². The molecule has 0 atom stereocenters. The lowest BCUT2D eigenvalue weighted by molar-refractivity contribution is 0.103. The van der Waals surface area contributed by atoms with Gasteiger partial charge in [-0.2, -0.15) is 0 Å². The Labute approximate surface area is 131 Å². The summed E-state index contributed by atoms with van der Waals surface area (Å²) >= 11 is 0. The summed E-state index contributed by atoms with van der Waals surface area (Å²) in [4.78, 5) is 15.2. The van der Waals surface area contributed by atoms with E-state index in [0.717, 1.165) is 25.2 Å². The zero-order valence-electron chi connectivity index (χ0n) is 12.9. The van der Waals surface area contributed by atoms with Crippen LogP contribution in [0.1, 0.15) is 34.3 Å². The first-order valence-electron chi connectivity index (χ1n) is 7.77. The average Bonchev–Trinajstić information content (AvgIpc) is 3.07. The highest BCUT2D eigenvalue weighted by molar-refractivity contribution is 6.10. The van der Waals surface area contributed by atoms with Crippen LogP contribution in [0.3, 0.4) is 0 Å². The Bertz CT molecular complexity index is 660. The van der Waals surface area contributed by atoms with Crippen LogP contribution in [-0.2, 0) is 6.54 Å². The summed E-state index contributed by atoms with van der Waals surface area (Å²) in [6.45, 7) is 3.24. The third kappa shape index (κ3) is 3.20. The molecule has 0 bridgehead atoms. The fourth-order valence-electron chi connectivity index (χ4n) is 3.00. The van der Waals surface area contributed by atoms with Gasteiger partial charge in [0.2, 0.25) is 0 Å². The van der Waals surface area contributed by atoms with Crippen LogP contribution in [0.5, 0.6) is 5.75 Å². The maximum absolute atomic E-state index is 12.7. The fraction of sp³-hybridized carbons (Fsp3) is 0.316. The molecule has 1 aliphatic heterocycles. The van der Waals surface area contributed by atoms with Crippen molar-refractivity contribution >= 4 is 5.78 Å². The molecule has 2 aromatic carbocycles. The summed E-state index contributed by atoms with van der Waals surface area (Å²) < 4.78 is 5.30. The minimum absolute atomic E-state index is 0.0146. The lowest BCUT2D eigenvalue weighted by Crippen LogP contribution is -2.18. The number of para-hydroxylation sites is 1. The van der Waals surface area contributed by atoms with Crippen LogP contribution in [0.15, 0.2) is 48.5 Å². The summed E-state index contributed by atoms with van der Waals surface area (Å²) in [5, 5.41) is 0. The van der Waals surface area contributed by atoms with Crippen molar-refractivity contribution in [3.8, 4) is 5.75 Å². The van der Waals surface area contributed by atoms with Crippen molar-refractivity contribution in [1.82, 2.24) is 4.90 Å². The maximum Gasteiger partial charge on any atom is 0.196 e. The van der Waals surface area contributed by atoms with Crippen LogP contribution < -0.4 is 4.74 Å². The van der Waals surface area contributed by atoms with Gasteiger partial charge in [0.25, 0.3) is 0 Å². The second-order valence-electron chi connectivity index (χ2n) is 5.71. The topological polar surface area (TPSA) is 29.5 Å². The van der Waals surface area contributed by atoms with Crippen molar-refractivity contribution in [2.45, 2.75) is 19.4 Å². The minimum atomic E-state index is 0.0146. The molecule has 0 spiro atoms. The number of likely N-dealkylation sites (tertiary alicyclic amines) is 1. The molecule has 0 amide bonds. The lowest BCUT2D eigenvalue weighted by Gasteiger charge is -2.15. The summed E-state index contributed by atoms with van der Waals surface area (Å²) in [5.74, 6) is 0.637. The van der Waals surface area contributed by atoms with Crippen molar-refractivity contribution in [3.63, 3.8) is 0 Å². The number of benzene rings is 2. The molecule has 3 rings (SSSR count). The minimum Gasteiger partial charge on any atom is -0.496 e. The van der Waals surface area contributed by atoms with Gasteiger partial charge < -0.3 is 4.74 Å². The van der Waals surface area contributed by atoms with Gasteiger partial charge in [-0.15, -0.1) is 0 Å². The normalized spacial score (nSPS) is 15.0. The average molecular weight is 295 g/mol. The van der Waals surface area contributed by atoms with E-state index < -0.39 is 0 Å². The molecular formula is C19H21NO2. The smallest absolute Gasteiger partial charge is 0.196 e. The van der Waals surface area contributed by atoms with Crippen molar-refractivity contribution < 1.29 is 9.53 Å². The summed E-state index contributed by atoms with van der Waals surface area (Å²) in [6.07, 6.45) is 2.56. The second-order valence-corrected chi connectivity index (χ2v) is 5.71. The van der Waals surface area contributed by atoms with Gasteiger partial charge in [0, 0.05) is 12.1 Å². The molecule has 1 aliphatic rings. The van der Waals surface area contributed by atoms with E-state index in [2.05, 4.69) is 11.0 Å². The second kappa shape index (κ2) is 6.75. The van der Waals surface area contributed by atoms with E-state index in [1.54, 1.807) is 7.11 Å². The Hall–Kier alpha value is -2.13. The molecule has 0 unspecified atom stereocenters. The van der Waals surface area contributed by atoms with E-state index in [4.69, 9.17) is 4.74 Å². The number of hydrogen-bond donors (Lipinski definition) is 0. The van der Waals surface area contributed by atoms with Gasteiger partial charge in [0.15, 0.2) is 5.78 Å². The van der Waals surface area contributed by atoms with E-state index in [0.29, 0.717) is 11.3 Å². The largest absolute Gasteiger partial charge is 0.496 e. The molecule has 114 valence electrons. The molecule has 2 aromatic rings. The summed E-state index contributed by atoms with van der Waals surface area (Å²) in [5.41, 5.74) is 2.53. The van der Waals surface area contributed by atoms with Crippen LogP contribution in [0, 0.1) is 0 Å². The van der Waals surface area contributed by atoms with Crippen molar-refractivity contribution in [1.29, 1.82) is 0 Å². The SMILES string of the molecule is COc1ccccc1C(=O)c1cccc(CN2CCCC2)c1. The van der Waals surface area contributed by atoms with Crippen LogP contribution >= 0.6 is 0 Å². The van der Waals surface area contributed by atoms with Gasteiger partial charge in [-0.3, -0.25) is 9.69 Å². The number of hydrogen-bond acceptors (Lipinski definition) is 3. The Kier molecular flexibility index (Phi) is 4.54. The molecule has 22 heavy (non-hydrogen) atoms. The molecule has 3 nitrogen and oxygen atoms in total. The highest BCUT2D eigenvalue weighted by Crippen LogP contribution is 2.22. The van der Waals surface area contributed by atoms with E-state index in [1.165, 1.54) is 18.4 Å². The zero-order chi connectivity index (χ0) is 15.4. The summed E-state index contributed by atoms with van der Waals surface area (Å²) in [7, 11) is 1.59. The number of ether oxygens (including phenoxy) is 1. The van der Waals surface area contributed by atoms with Gasteiger partial charge in [-0.25, -0.2) is 0 Å². The van der Waals surface area contributed by atoms with Crippen molar-refractivity contribution in [3.05, 3.63) is 65.2 Å². The van der Waals surface area contributed by atoms with Crippen LogP contribution in [0.4, 0.5) is 0 Å². The number of carbonyl (C=O) groups excluding carboxylic acids is 1. The predicted molar refractivity (Wildman–Crippen MR) is 87.4 cm³/mol. The molecular weight excluding hydrogens is 274 g/mol. The molecule has 0 aliphatic carbocycles. The van der Waals surface area contributed by atoms with E-state index >= 15 is 0 Å². The third-order valence-electron chi connectivity index (χ3n) is 4.15. The van der Waals surface area contributed by atoms with Gasteiger partial charge in [-0.1, -0.05) is 30.3 Å². The molecule has 3 heteroatoms. The molecule has 0 saturated carbocycles. The first kappa shape index (κ1) is 14.8. The Morgan fingerprint density at radius 2 is 1.86 bits per heavy atom. The molecule has 0 radical (unpaired) electrons. The van der Waals surface area contributed by atoms with Crippen LogP contribution in [0.25, 0.3) is 0 Å². The number of methoxy groups -OCH3 is 1. The number of rotatable bonds is 5. The molecule has 1 fully saturated rings. The van der Waals surface area contributed by atoms with Gasteiger partial charge in [0.05, 0.1) is 12.7 Å².